The lowest BCUT2D eigenvalue weighted by Crippen LogP contribution is -2.34. The van der Waals surface area contributed by atoms with Gasteiger partial charge in [-0.05, 0) is 33.1 Å². The highest BCUT2D eigenvalue weighted by Gasteiger charge is 2.36. The van der Waals surface area contributed by atoms with Gasteiger partial charge < -0.3 is 0 Å². The summed E-state index contributed by atoms with van der Waals surface area (Å²) in [6, 6.07) is 0. The van der Waals surface area contributed by atoms with Crippen molar-refractivity contribution < 1.29 is 12.6 Å². The summed E-state index contributed by atoms with van der Waals surface area (Å²) in [4.78, 5) is 0. The van der Waals surface area contributed by atoms with Gasteiger partial charge in [-0.25, -0.2) is 0 Å². The molecule has 0 spiro atoms. The standard InChI is InChI=1S/C10H20O3S/c1-4-10(2,3)14(11,12)13-9-7-5-6-8-9/h9H,4-8H2,1-3H3. The maximum absolute atomic E-state index is 11.8. The van der Waals surface area contributed by atoms with Crippen molar-refractivity contribution in [3.05, 3.63) is 0 Å². The second-order valence-corrected chi connectivity index (χ2v) is 6.78. The van der Waals surface area contributed by atoms with Gasteiger partial charge in [0, 0.05) is 0 Å². The number of rotatable bonds is 4. The van der Waals surface area contributed by atoms with E-state index in [0.717, 1.165) is 25.7 Å². The highest BCUT2D eigenvalue weighted by Crippen LogP contribution is 2.28. The average Bonchev–Trinajstić information content (AvgIpc) is 2.55. The molecule has 1 aliphatic rings. The highest BCUT2D eigenvalue weighted by molar-refractivity contribution is 7.88. The van der Waals surface area contributed by atoms with Crippen LogP contribution in [-0.4, -0.2) is 19.3 Å². The monoisotopic (exact) mass is 220 g/mol. The fourth-order valence-electron chi connectivity index (χ4n) is 1.47. The Morgan fingerprint density at radius 1 is 1.29 bits per heavy atom. The van der Waals surface area contributed by atoms with E-state index < -0.39 is 14.9 Å². The van der Waals surface area contributed by atoms with Crippen molar-refractivity contribution in [2.45, 2.75) is 63.7 Å². The topological polar surface area (TPSA) is 43.4 Å². The van der Waals surface area contributed by atoms with Crippen molar-refractivity contribution in [1.82, 2.24) is 0 Å². The molecule has 1 fully saturated rings. The van der Waals surface area contributed by atoms with Crippen LogP contribution >= 0.6 is 0 Å². The summed E-state index contributed by atoms with van der Waals surface area (Å²) in [5.41, 5.74) is 0. The quantitative estimate of drug-likeness (QED) is 0.684. The van der Waals surface area contributed by atoms with Gasteiger partial charge in [-0.15, -0.1) is 0 Å². The molecule has 0 radical (unpaired) electrons. The first-order valence-electron chi connectivity index (χ1n) is 5.32. The van der Waals surface area contributed by atoms with E-state index in [1.165, 1.54) is 0 Å². The minimum Gasteiger partial charge on any atom is -0.266 e. The van der Waals surface area contributed by atoms with Crippen LogP contribution in [-0.2, 0) is 14.3 Å². The first kappa shape index (κ1) is 12.0. The van der Waals surface area contributed by atoms with Crippen molar-refractivity contribution in [3.63, 3.8) is 0 Å². The molecule has 0 amide bonds. The molecule has 0 aliphatic heterocycles. The molecule has 0 aromatic carbocycles. The van der Waals surface area contributed by atoms with Gasteiger partial charge in [0.1, 0.15) is 0 Å². The molecule has 4 heteroatoms. The minimum atomic E-state index is -3.39. The SMILES string of the molecule is CCC(C)(C)S(=O)(=O)OC1CCCC1. The van der Waals surface area contributed by atoms with Crippen LogP contribution in [0.1, 0.15) is 52.9 Å². The zero-order valence-electron chi connectivity index (χ0n) is 9.25. The summed E-state index contributed by atoms with van der Waals surface area (Å²) in [7, 11) is -3.39. The molecule has 0 aromatic rings. The Bertz CT molecular complexity index is 274. The lowest BCUT2D eigenvalue weighted by molar-refractivity contribution is 0.207. The minimum absolute atomic E-state index is 0.0641. The fourth-order valence-corrected chi connectivity index (χ4v) is 2.64. The Hall–Kier alpha value is -0.0900. The normalized spacial score (nSPS) is 20.2. The molecule has 0 unspecified atom stereocenters. The van der Waals surface area contributed by atoms with Gasteiger partial charge >= 0.3 is 0 Å². The van der Waals surface area contributed by atoms with E-state index in [9.17, 15) is 8.42 Å². The largest absolute Gasteiger partial charge is 0.272 e. The number of hydrogen-bond donors (Lipinski definition) is 0. The molecule has 1 saturated carbocycles. The van der Waals surface area contributed by atoms with E-state index in [1.54, 1.807) is 13.8 Å². The summed E-state index contributed by atoms with van der Waals surface area (Å²) in [5, 5.41) is 0. The van der Waals surface area contributed by atoms with Gasteiger partial charge in [0.05, 0.1) is 10.9 Å². The molecule has 84 valence electrons. The van der Waals surface area contributed by atoms with E-state index >= 15 is 0 Å². The van der Waals surface area contributed by atoms with Crippen LogP contribution in [0.4, 0.5) is 0 Å². The third kappa shape index (κ3) is 2.48. The van der Waals surface area contributed by atoms with Crippen molar-refractivity contribution in [2.24, 2.45) is 0 Å². The van der Waals surface area contributed by atoms with E-state index in [2.05, 4.69) is 0 Å². The van der Waals surface area contributed by atoms with Crippen molar-refractivity contribution in [2.75, 3.05) is 0 Å². The molecule has 14 heavy (non-hydrogen) atoms. The Morgan fingerprint density at radius 2 is 1.79 bits per heavy atom. The van der Waals surface area contributed by atoms with Crippen LogP contribution in [0.15, 0.2) is 0 Å². The van der Waals surface area contributed by atoms with Gasteiger partial charge in [0.15, 0.2) is 0 Å². The van der Waals surface area contributed by atoms with Gasteiger partial charge in [-0.3, -0.25) is 4.18 Å². The van der Waals surface area contributed by atoms with Crippen LogP contribution in [0.25, 0.3) is 0 Å². The van der Waals surface area contributed by atoms with Gasteiger partial charge in [0.2, 0.25) is 0 Å². The second-order valence-electron chi connectivity index (χ2n) is 4.57. The van der Waals surface area contributed by atoms with E-state index in [4.69, 9.17) is 4.18 Å². The third-order valence-electron chi connectivity index (χ3n) is 3.09. The molecule has 0 aromatic heterocycles. The molecule has 0 heterocycles. The highest BCUT2D eigenvalue weighted by atomic mass is 32.2. The Morgan fingerprint density at radius 3 is 2.21 bits per heavy atom. The predicted molar refractivity (Wildman–Crippen MR) is 56.6 cm³/mol. The average molecular weight is 220 g/mol. The van der Waals surface area contributed by atoms with Crippen LogP contribution in [0.5, 0.6) is 0 Å². The third-order valence-corrected chi connectivity index (χ3v) is 5.26. The second kappa shape index (κ2) is 4.19. The van der Waals surface area contributed by atoms with Gasteiger partial charge in [-0.1, -0.05) is 19.8 Å². The Kier molecular flexibility index (Phi) is 3.58. The summed E-state index contributed by atoms with van der Waals surface area (Å²) >= 11 is 0. The maximum Gasteiger partial charge on any atom is 0.272 e. The van der Waals surface area contributed by atoms with E-state index in [0.29, 0.717) is 6.42 Å². The van der Waals surface area contributed by atoms with Gasteiger partial charge in [-0.2, -0.15) is 8.42 Å². The first-order valence-corrected chi connectivity index (χ1v) is 6.73. The molecule has 0 N–H and O–H groups in total. The molecule has 1 aliphatic carbocycles. The van der Waals surface area contributed by atoms with Crippen LogP contribution in [0.2, 0.25) is 0 Å². The smallest absolute Gasteiger partial charge is 0.266 e. The summed E-state index contributed by atoms with van der Waals surface area (Å²) in [6.07, 6.45) is 4.48. The van der Waals surface area contributed by atoms with E-state index in [1.807, 2.05) is 6.92 Å². The zero-order chi connectivity index (χ0) is 10.8. The lowest BCUT2D eigenvalue weighted by Gasteiger charge is -2.24. The first-order chi connectivity index (χ1) is 6.39. The summed E-state index contributed by atoms with van der Waals surface area (Å²) in [5.74, 6) is 0. The zero-order valence-corrected chi connectivity index (χ0v) is 10.1. The van der Waals surface area contributed by atoms with Crippen molar-refractivity contribution in [3.8, 4) is 0 Å². The molecular weight excluding hydrogens is 200 g/mol. The maximum atomic E-state index is 11.8. The van der Waals surface area contributed by atoms with E-state index in [-0.39, 0.29) is 6.10 Å². The molecular formula is C10H20O3S. The predicted octanol–water partition coefficient (Wildman–Crippen LogP) is 2.46. The molecule has 1 rings (SSSR count). The lowest BCUT2D eigenvalue weighted by atomic mass is 10.1. The molecule has 3 nitrogen and oxygen atoms in total. The van der Waals surface area contributed by atoms with Crippen LogP contribution in [0, 0.1) is 0 Å². The summed E-state index contributed by atoms with van der Waals surface area (Å²) < 4.78 is 28.1. The Labute approximate surface area is 87.0 Å². The summed E-state index contributed by atoms with van der Waals surface area (Å²) in [6.45, 7) is 5.31. The fraction of sp³-hybridized carbons (Fsp3) is 1.00. The van der Waals surface area contributed by atoms with Crippen LogP contribution < -0.4 is 0 Å². The number of hydrogen-bond acceptors (Lipinski definition) is 3. The van der Waals surface area contributed by atoms with Crippen molar-refractivity contribution in [1.29, 1.82) is 0 Å². The molecule has 0 bridgehead atoms. The molecule has 0 saturated heterocycles. The van der Waals surface area contributed by atoms with Gasteiger partial charge in [0.25, 0.3) is 10.1 Å². The van der Waals surface area contributed by atoms with Crippen LogP contribution in [0.3, 0.4) is 0 Å². The van der Waals surface area contributed by atoms with Crippen molar-refractivity contribution >= 4 is 10.1 Å². The molecule has 0 atom stereocenters. The Balaban J connectivity index is 2.66.